The highest BCUT2D eigenvalue weighted by Crippen LogP contribution is 2.34. The van der Waals surface area contributed by atoms with Gasteiger partial charge in [-0.2, -0.15) is 26.3 Å². The van der Waals surface area contributed by atoms with Crippen molar-refractivity contribution in [3.8, 4) is 17.1 Å². The number of benzene rings is 2. The van der Waals surface area contributed by atoms with Crippen LogP contribution in [0.25, 0.3) is 17.1 Å². The first kappa shape index (κ1) is 27.8. The van der Waals surface area contributed by atoms with Gasteiger partial charge in [-0.15, -0.1) is 10.2 Å². The lowest BCUT2D eigenvalue weighted by atomic mass is 10.1. The van der Waals surface area contributed by atoms with Crippen molar-refractivity contribution in [2.24, 2.45) is 5.73 Å². The van der Waals surface area contributed by atoms with Crippen LogP contribution in [0.2, 0.25) is 5.02 Å². The first-order valence-electron chi connectivity index (χ1n) is 10.8. The van der Waals surface area contributed by atoms with Crippen LogP contribution in [0.15, 0.2) is 53.3 Å². The Morgan fingerprint density at radius 3 is 2.26 bits per heavy atom. The Labute approximate surface area is 218 Å². The average molecular weight is 576 g/mol. The predicted molar refractivity (Wildman–Crippen MR) is 123 cm³/mol. The van der Waals surface area contributed by atoms with Gasteiger partial charge in [0.2, 0.25) is 5.82 Å². The molecule has 4 rings (SSSR count). The second kappa shape index (κ2) is 10.2. The number of para-hydroxylation sites is 1. The van der Waals surface area contributed by atoms with Crippen LogP contribution in [-0.2, 0) is 19.3 Å². The zero-order chi connectivity index (χ0) is 28.7. The SMILES string of the molecule is NC(=O)c1nc(Cn2nc(-c3ccc(Cl)cc3)n(C[C@@H](O)C(F)(F)F)c2=O)nn1-c1ccccc1C(F)(F)F. The van der Waals surface area contributed by atoms with Crippen LogP contribution in [0.4, 0.5) is 26.3 Å². The number of aliphatic hydroxyl groups is 1. The topological polar surface area (TPSA) is 134 Å². The van der Waals surface area contributed by atoms with Crippen molar-refractivity contribution in [3.63, 3.8) is 0 Å². The molecule has 39 heavy (non-hydrogen) atoms. The molecule has 0 unspecified atom stereocenters. The Hall–Kier alpha value is -4.18. The van der Waals surface area contributed by atoms with Gasteiger partial charge in [0.1, 0.15) is 6.54 Å². The minimum atomic E-state index is -5.05. The Kier molecular flexibility index (Phi) is 7.27. The van der Waals surface area contributed by atoms with E-state index in [2.05, 4.69) is 15.2 Å². The summed E-state index contributed by atoms with van der Waals surface area (Å²) in [5.41, 5.74) is 2.59. The molecule has 3 N–H and O–H groups in total. The van der Waals surface area contributed by atoms with Gasteiger partial charge in [0.25, 0.3) is 5.91 Å². The van der Waals surface area contributed by atoms with Crippen LogP contribution in [0, 0.1) is 0 Å². The van der Waals surface area contributed by atoms with Crippen LogP contribution < -0.4 is 11.4 Å². The average Bonchev–Trinajstić information content (AvgIpc) is 3.41. The largest absolute Gasteiger partial charge is 0.418 e. The number of nitrogens with zero attached hydrogens (tertiary/aromatic N) is 6. The van der Waals surface area contributed by atoms with E-state index in [0.29, 0.717) is 13.9 Å². The molecular formula is C22H16ClF6N7O3. The second-order valence-corrected chi connectivity index (χ2v) is 8.52. The molecule has 10 nitrogen and oxygen atoms in total. The van der Waals surface area contributed by atoms with Gasteiger partial charge in [0.05, 0.1) is 17.8 Å². The summed E-state index contributed by atoms with van der Waals surface area (Å²) in [7, 11) is 0. The molecule has 2 aromatic carbocycles. The minimum absolute atomic E-state index is 0.167. The number of halogens is 7. The summed E-state index contributed by atoms with van der Waals surface area (Å²) < 4.78 is 81.5. The van der Waals surface area contributed by atoms with Crippen LogP contribution in [0.1, 0.15) is 22.0 Å². The van der Waals surface area contributed by atoms with E-state index in [4.69, 9.17) is 17.3 Å². The molecule has 4 aromatic rings. The zero-order valence-corrected chi connectivity index (χ0v) is 20.0. The lowest BCUT2D eigenvalue weighted by Crippen LogP contribution is -2.37. The van der Waals surface area contributed by atoms with Crippen molar-refractivity contribution in [2.75, 3.05) is 0 Å². The van der Waals surface area contributed by atoms with Crippen LogP contribution >= 0.6 is 11.6 Å². The molecule has 0 saturated heterocycles. The van der Waals surface area contributed by atoms with Gasteiger partial charge in [-0.3, -0.25) is 9.36 Å². The van der Waals surface area contributed by atoms with E-state index in [1.165, 1.54) is 30.3 Å². The van der Waals surface area contributed by atoms with Crippen molar-refractivity contribution in [3.05, 3.63) is 81.3 Å². The molecule has 1 atom stereocenters. The number of carbonyl (C=O) groups excluding carboxylic acids is 1. The van der Waals surface area contributed by atoms with E-state index in [1.807, 2.05) is 0 Å². The van der Waals surface area contributed by atoms with Crippen molar-refractivity contribution >= 4 is 17.5 Å². The third kappa shape index (κ3) is 5.80. The van der Waals surface area contributed by atoms with E-state index in [-0.39, 0.29) is 16.4 Å². The maximum Gasteiger partial charge on any atom is 0.418 e. The number of hydrogen-bond donors (Lipinski definition) is 2. The fourth-order valence-corrected chi connectivity index (χ4v) is 3.70. The number of carbonyl (C=O) groups is 1. The highest BCUT2D eigenvalue weighted by atomic mass is 35.5. The molecule has 0 fully saturated rings. The number of aromatic nitrogens is 6. The highest BCUT2D eigenvalue weighted by Gasteiger charge is 2.39. The maximum absolute atomic E-state index is 13.6. The normalized spacial score (nSPS) is 13.0. The van der Waals surface area contributed by atoms with E-state index in [1.54, 1.807) is 0 Å². The van der Waals surface area contributed by atoms with E-state index in [9.17, 15) is 41.0 Å². The lowest BCUT2D eigenvalue weighted by Gasteiger charge is -2.15. The van der Waals surface area contributed by atoms with Gasteiger partial charge in [0, 0.05) is 10.6 Å². The summed E-state index contributed by atoms with van der Waals surface area (Å²) in [5, 5.41) is 17.8. The van der Waals surface area contributed by atoms with Gasteiger partial charge < -0.3 is 10.8 Å². The van der Waals surface area contributed by atoms with Gasteiger partial charge in [-0.05, 0) is 36.4 Å². The van der Waals surface area contributed by atoms with Gasteiger partial charge in [-0.25, -0.2) is 19.1 Å². The third-order valence-corrected chi connectivity index (χ3v) is 5.61. The third-order valence-electron chi connectivity index (χ3n) is 5.36. The summed E-state index contributed by atoms with van der Waals surface area (Å²) in [6, 6.07) is 9.68. The monoisotopic (exact) mass is 575 g/mol. The maximum atomic E-state index is 13.6. The molecule has 0 bridgehead atoms. The fraction of sp³-hybridized carbons (Fsp3) is 0.227. The van der Waals surface area contributed by atoms with E-state index >= 15 is 0 Å². The first-order valence-corrected chi connectivity index (χ1v) is 11.2. The molecule has 0 aliphatic heterocycles. The first-order chi connectivity index (χ1) is 18.2. The number of amides is 1. The van der Waals surface area contributed by atoms with Gasteiger partial charge in [0.15, 0.2) is 17.8 Å². The lowest BCUT2D eigenvalue weighted by molar-refractivity contribution is -0.207. The van der Waals surface area contributed by atoms with Crippen molar-refractivity contribution < 1.29 is 36.2 Å². The van der Waals surface area contributed by atoms with Crippen molar-refractivity contribution in [2.45, 2.75) is 31.5 Å². The number of nitrogens with two attached hydrogens (primary N) is 1. The number of hydrogen-bond acceptors (Lipinski definition) is 6. The Morgan fingerprint density at radius 1 is 1.03 bits per heavy atom. The molecule has 206 valence electrons. The number of alkyl halides is 6. The molecule has 2 aromatic heterocycles. The van der Waals surface area contributed by atoms with E-state index in [0.717, 1.165) is 18.2 Å². The number of aliphatic hydroxyl groups excluding tert-OH is 1. The molecule has 0 saturated carbocycles. The van der Waals surface area contributed by atoms with Crippen LogP contribution in [0.3, 0.4) is 0 Å². The molecule has 1 amide bonds. The Bertz CT molecular complexity index is 1570. The van der Waals surface area contributed by atoms with Gasteiger partial charge in [-0.1, -0.05) is 23.7 Å². The molecule has 0 radical (unpaired) electrons. The minimum Gasteiger partial charge on any atom is -0.382 e. The summed E-state index contributed by atoms with van der Waals surface area (Å²) in [4.78, 5) is 28.8. The Morgan fingerprint density at radius 2 is 1.67 bits per heavy atom. The molecular weight excluding hydrogens is 560 g/mol. The molecule has 0 spiro atoms. The molecule has 0 aliphatic rings. The summed E-state index contributed by atoms with van der Waals surface area (Å²) >= 11 is 5.85. The summed E-state index contributed by atoms with van der Waals surface area (Å²) in [6.45, 7) is -1.89. The number of rotatable bonds is 7. The molecule has 2 heterocycles. The number of primary amides is 1. The summed E-state index contributed by atoms with van der Waals surface area (Å²) in [5.74, 6) is -2.61. The van der Waals surface area contributed by atoms with Crippen molar-refractivity contribution in [1.29, 1.82) is 0 Å². The van der Waals surface area contributed by atoms with Crippen LogP contribution in [-0.4, -0.2) is 52.4 Å². The smallest absolute Gasteiger partial charge is 0.382 e. The standard InChI is InChI=1S/C22H16ClF6N7O3/c23-12-7-5-11(6-8-12)18-33-35(20(39)34(18)9-15(37)22(27,28)29)10-16-31-19(17(30)38)36(32-16)14-4-2-1-3-13(14)21(24,25)26/h1-8,15,37H,9-10H2,(H2,30,38)/t15-/m1/s1. The van der Waals surface area contributed by atoms with Crippen LogP contribution in [0.5, 0.6) is 0 Å². The van der Waals surface area contributed by atoms with Gasteiger partial charge >= 0.3 is 18.0 Å². The quantitative estimate of drug-likeness (QED) is 0.325. The second-order valence-electron chi connectivity index (χ2n) is 8.08. The highest BCUT2D eigenvalue weighted by molar-refractivity contribution is 6.30. The zero-order valence-electron chi connectivity index (χ0n) is 19.3. The molecule has 0 aliphatic carbocycles. The predicted octanol–water partition coefficient (Wildman–Crippen LogP) is 3.04. The Balaban J connectivity index is 1.81. The van der Waals surface area contributed by atoms with E-state index < -0.39 is 66.0 Å². The molecule has 17 heteroatoms. The van der Waals surface area contributed by atoms with Crippen molar-refractivity contribution in [1.82, 2.24) is 29.1 Å². The fourth-order valence-electron chi connectivity index (χ4n) is 3.58. The summed E-state index contributed by atoms with van der Waals surface area (Å²) in [6.07, 6.45) is -12.8.